The van der Waals surface area contributed by atoms with Crippen molar-refractivity contribution >= 4 is 5.91 Å². The Balaban J connectivity index is 1.54. The van der Waals surface area contributed by atoms with Crippen molar-refractivity contribution in [2.75, 3.05) is 46.4 Å². The van der Waals surface area contributed by atoms with E-state index in [1.165, 1.54) is 0 Å². The molecule has 2 heterocycles. The second-order valence-corrected chi connectivity index (χ2v) is 6.18. The predicted octanol–water partition coefficient (Wildman–Crippen LogP) is 0.579. The zero-order valence-electron chi connectivity index (χ0n) is 13.8. The van der Waals surface area contributed by atoms with Gasteiger partial charge in [0.1, 0.15) is 6.61 Å². The summed E-state index contributed by atoms with van der Waals surface area (Å²) in [6, 6.07) is 7.54. The van der Waals surface area contributed by atoms with Crippen LogP contribution in [0.25, 0.3) is 0 Å². The number of para-hydroxylation sites is 2. The van der Waals surface area contributed by atoms with Crippen LogP contribution in [0.15, 0.2) is 24.3 Å². The molecule has 126 valence electrons. The van der Waals surface area contributed by atoms with E-state index in [1.807, 2.05) is 38.2 Å². The van der Waals surface area contributed by atoms with Crippen molar-refractivity contribution in [1.82, 2.24) is 15.1 Å². The lowest BCUT2D eigenvalue weighted by molar-refractivity contribution is -0.136. The number of ether oxygens (including phenoxy) is 2. The van der Waals surface area contributed by atoms with Crippen LogP contribution in [-0.4, -0.2) is 74.2 Å². The molecule has 0 radical (unpaired) electrons. The Morgan fingerprint density at radius 3 is 2.78 bits per heavy atom. The van der Waals surface area contributed by atoms with Gasteiger partial charge in [-0.1, -0.05) is 12.1 Å². The summed E-state index contributed by atoms with van der Waals surface area (Å²) in [6.45, 7) is 6.70. The molecule has 6 heteroatoms. The molecule has 0 aliphatic carbocycles. The van der Waals surface area contributed by atoms with E-state index in [2.05, 4.69) is 10.2 Å². The van der Waals surface area contributed by atoms with Gasteiger partial charge in [-0.2, -0.15) is 0 Å². The number of piperazine rings is 1. The minimum Gasteiger partial charge on any atom is -0.486 e. The van der Waals surface area contributed by atoms with Gasteiger partial charge in [-0.05, 0) is 19.1 Å². The molecule has 0 bridgehead atoms. The van der Waals surface area contributed by atoms with Gasteiger partial charge >= 0.3 is 0 Å². The lowest BCUT2D eigenvalue weighted by Gasteiger charge is -2.35. The Hall–Kier alpha value is -1.79. The SMILES string of the molecule is CC(C(=O)N(C)CC1COc2ccccc2O1)N1CCNCC1. The number of amides is 1. The number of nitrogens with zero attached hydrogens (tertiary/aromatic N) is 2. The summed E-state index contributed by atoms with van der Waals surface area (Å²) in [6.07, 6.45) is -0.130. The van der Waals surface area contributed by atoms with Gasteiger partial charge in [0.15, 0.2) is 17.6 Å². The molecule has 1 aromatic carbocycles. The van der Waals surface area contributed by atoms with Crippen LogP contribution in [0.4, 0.5) is 0 Å². The number of fused-ring (bicyclic) bond motifs is 1. The first-order valence-electron chi connectivity index (χ1n) is 8.23. The molecule has 2 aliphatic heterocycles. The lowest BCUT2D eigenvalue weighted by Crippen LogP contribution is -2.54. The van der Waals surface area contributed by atoms with Crippen LogP contribution in [0.2, 0.25) is 0 Å². The highest BCUT2D eigenvalue weighted by atomic mass is 16.6. The number of carbonyl (C=O) groups is 1. The maximum absolute atomic E-state index is 12.6. The average Bonchev–Trinajstić information content (AvgIpc) is 2.61. The molecule has 3 rings (SSSR count). The van der Waals surface area contributed by atoms with Crippen LogP contribution in [0, 0.1) is 0 Å². The normalized spacial score (nSPS) is 22.4. The molecule has 0 saturated carbocycles. The minimum absolute atomic E-state index is 0.0982. The van der Waals surface area contributed by atoms with Crippen molar-refractivity contribution in [3.63, 3.8) is 0 Å². The van der Waals surface area contributed by atoms with Crippen LogP contribution in [0.1, 0.15) is 6.92 Å². The van der Waals surface area contributed by atoms with Crippen LogP contribution in [-0.2, 0) is 4.79 Å². The van der Waals surface area contributed by atoms with Crippen molar-refractivity contribution in [3.8, 4) is 11.5 Å². The molecule has 1 aromatic rings. The lowest BCUT2D eigenvalue weighted by atomic mass is 10.2. The summed E-state index contributed by atoms with van der Waals surface area (Å²) >= 11 is 0. The van der Waals surface area contributed by atoms with E-state index in [1.54, 1.807) is 4.90 Å². The van der Waals surface area contributed by atoms with E-state index in [-0.39, 0.29) is 18.1 Å². The minimum atomic E-state index is -0.130. The summed E-state index contributed by atoms with van der Waals surface area (Å²) in [7, 11) is 1.84. The number of benzene rings is 1. The predicted molar refractivity (Wildman–Crippen MR) is 87.9 cm³/mol. The summed E-state index contributed by atoms with van der Waals surface area (Å²) in [4.78, 5) is 16.6. The number of carbonyl (C=O) groups excluding carboxylic acids is 1. The maximum atomic E-state index is 12.6. The zero-order chi connectivity index (χ0) is 16.2. The van der Waals surface area contributed by atoms with Gasteiger partial charge in [0.25, 0.3) is 0 Å². The quantitative estimate of drug-likeness (QED) is 0.880. The number of rotatable bonds is 4. The fraction of sp³-hybridized carbons (Fsp3) is 0.588. The molecule has 0 spiro atoms. The van der Waals surface area contributed by atoms with Crippen molar-refractivity contribution in [2.24, 2.45) is 0 Å². The summed E-state index contributed by atoms with van der Waals surface area (Å²) in [5.74, 6) is 1.65. The number of hydrogen-bond acceptors (Lipinski definition) is 5. The Morgan fingerprint density at radius 2 is 2.04 bits per heavy atom. The highest BCUT2D eigenvalue weighted by Crippen LogP contribution is 2.30. The van der Waals surface area contributed by atoms with E-state index in [9.17, 15) is 4.79 Å². The molecule has 1 amide bonds. The Bertz CT molecular complexity index is 546. The van der Waals surface area contributed by atoms with Crippen molar-refractivity contribution in [1.29, 1.82) is 0 Å². The first-order chi connectivity index (χ1) is 11.1. The zero-order valence-corrected chi connectivity index (χ0v) is 13.8. The van der Waals surface area contributed by atoms with Gasteiger partial charge in [0.05, 0.1) is 12.6 Å². The molecule has 2 aliphatic rings. The maximum Gasteiger partial charge on any atom is 0.239 e. The summed E-state index contributed by atoms with van der Waals surface area (Å²) in [5, 5.41) is 3.31. The van der Waals surface area contributed by atoms with E-state index < -0.39 is 0 Å². The average molecular weight is 319 g/mol. The van der Waals surface area contributed by atoms with E-state index in [0.29, 0.717) is 13.2 Å². The van der Waals surface area contributed by atoms with Crippen LogP contribution in [0.3, 0.4) is 0 Å². The highest BCUT2D eigenvalue weighted by molar-refractivity contribution is 5.81. The molecule has 23 heavy (non-hydrogen) atoms. The first-order valence-corrected chi connectivity index (χ1v) is 8.23. The van der Waals surface area contributed by atoms with E-state index >= 15 is 0 Å². The third kappa shape index (κ3) is 3.76. The fourth-order valence-electron chi connectivity index (χ4n) is 3.09. The Morgan fingerprint density at radius 1 is 1.35 bits per heavy atom. The van der Waals surface area contributed by atoms with E-state index in [0.717, 1.165) is 37.7 Å². The summed E-state index contributed by atoms with van der Waals surface area (Å²) in [5.41, 5.74) is 0. The van der Waals surface area contributed by atoms with Gasteiger partial charge in [0.2, 0.25) is 5.91 Å². The van der Waals surface area contributed by atoms with Crippen molar-refractivity contribution in [2.45, 2.75) is 19.1 Å². The molecule has 6 nitrogen and oxygen atoms in total. The molecule has 0 aromatic heterocycles. The largest absolute Gasteiger partial charge is 0.486 e. The standard InChI is InChI=1S/C17H25N3O3/c1-13(20-9-7-18-8-10-20)17(21)19(2)11-14-12-22-15-5-3-4-6-16(15)23-14/h3-6,13-14,18H,7-12H2,1-2H3. The second-order valence-electron chi connectivity index (χ2n) is 6.18. The second kappa shape index (κ2) is 7.19. The molecular weight excluding hydrogens is 294 g/mol. The fourth-order valence-corrected chi connectivity index (χ4v) is 3.09. The number of hydrogen-bond donors (Lipinski definition) is 1. The van der Waals surface area contributed by atoms with Gasteiger partial charge in [-0.3, -0.25) is 9.69 Å². The van der Waals surface area contributed by atoms with Crippen LogP contribution >= 0.6 is 0 Å². The van der Waals surface area contributed by atoms with Gasteiger partial charge in [0, 0.05) is 33.2 Å². The third-order valence-corrected chi connectivity index (χ3v) is 4.48. The molecular formula is C17H25N3O3. The Labute approximate surface area is 137 Å². The van der Waals surface area contributed by atoms with Crippen LogP contribution in [0.5, 0.6) is 11.5 Å². The number of likely N-dealkylation sites (N-methyl/N-ethyl adjacent to an activating group) is 1. The molecule has 2 atom stereocenters. The molecule has 1 N–H and O–H groups in total. The third-order valence-electron chi connectivity index (χ3n) is 4.48. The smallest absolute Gasteiger partial charge is 0.239 e. The topological polar surface area (TPSA) is 54.0 Å². The van der Waals surface area contributed by atoms with Gasteiger partial charge in [-0.25, -0.2) is 0 Å². The summed E-state index contributed by atoms with van der Waals surface area (Å²) < 4.78 is 11.6. The Kier molecular flexibility index (Phi) is 5.03. The van der Waals surface area contributed by atoms with E-state index in [4.69, 9.17) is 9.47 Å². The highest BCUT2D eigenvalue weighted by Gasteiger charge is 2.28. The van der Waals surface area contributed by atoms with Crippen molar-refractivity contribution < 1.29 is 14.3 Å². The number of nitrogens with one attached hydrogen (secondary N) is 1. The molecule has 1 saturated heterocycles. The van der Waals surface area contributed by atoms with Crippen molar-refractivity contribution in [3.05, 3.63) is 24.3 Å². The molecule has 2 unspecified atom stereocenters. The van der Waals surface area contributed by atoms with Crippen LogP contribution < -0.4 is 14.8 Å². The first kappa shape index (κ1) is 16.1. The van der Waals surface area contributed by atoms with Gasteiger partial charge in [-0.15, -0.1) is 0 Å². The molecule has 1 fully saturated rings. The van der Waals surface area contributed by atoms with Gasteiger partial charge < -0.3 is 19.7 Å². The monoisotopic (exact) mass is 319 g/mol.